The molecule has 0 saturated carbocycles. The van der Waals surface area contributed by atoms with Crippen molar-refractivity contribution in [1.29, 1.82) is 0 Å². The molecular weight excluding hydrogens is 178 g/mol. The molecule has 0 aliphatic carbocycles. The molecule has 0 atom stereocenters. The molecule has 1 aliphatic rings. The van der Waals surface area contributed by atoms with Gasteiger partial charge >= 0.3 is 0 Å². The van der Waals surface area contributed by atoms with E-state index in [4.69, 9.17) is 4.74 Å². The third kappa shape index (κ3) is 2.39. The maximum absolute atomic E-state index is 10.9. The predicted octanol–water partition coefficient (Wildman–Crippen LogP) is 2.42. The van der Waals surface area contributed by atoms with E-state index >= 15 is 0 Å². The largest absolute Gasteiger partial charge is 0.382 e. The van der Waals surface area contributed by atoms with Crippen LogP contribution in [0.4, 0.5) is 5.69 Å². The van der Waals surface area contributed by atoms with Gasteiger partial charge in [0, 0.05) is 24.9 Å². The zero-order valence-corrected chi connectivity index (χ0v) is 8.03. The molecule has 1 aromatic rings. The summed E-state index contributed by atoms with van der Waals surface area (Å²) in [5, 5.41) is 14.3. The summed E-state index contributed by atoms with van der Waals surface area (Å²) in [5.41, 5.74) is 1.02. The lowest BCUT2D eigenvalue weighted by Crippen LogP contribution is -2.27. The first-order valence-corrected chi connectivity index (χ1v) is 4.96. The zero-order chi connectivity index (χ0) is 9.80. The van der Waals surface area contributed by atoms with Crippen molar-refractivity contribution in [2.45, 2.75) is 18.9 Å². The Balaban J connectivity index is 1.92. The Kier molecular flexibility index (Phi) is 2.89. The van der Waals surface area contributed by atoms with Gasteiger partial charge in [0.15, 0.2) is 5.75 Å². The SMILES string of the molecule is [O]c1ccc(NC2CCOCC2)cc1. The van der Waals surface area contributed by atoms with Gasteiger partial charge in [-0.2, -0.15) is 0 Å². The van der Waals surface area contributed by atoms with Gasteiger partial charge in [-0.15, -0.1) is 0 Å². The highest BCUT2D eigenvalue weighted by Crippen LogP contribution is 2.18. The lowest BCUT2D eigenvalue weighted by atomic mass is 10.1. The third-order valence-electron chi connectivity index (χ3n) is 2.45. The van der Waals surface area contributed by atoms with E-state index in [0.29, 0.717) is 6.04 Å². The number of benzene rings is 1. The Hall–Kier alpha value is -1.22. The number of anilines is 1. The Bertz CT molecular complexity index is 278. The maximum atomic E-state index is 10.9. The first-order chi connectivity index (χ1) is 6.84. The minimum Gasteiger partial charge on any atom is -0.382 e. The summed E-state index contributed by atoms with van der Waals surface area (Å²) in [6, 6.07) is 7.32. The topological polar surface area (TPSA) is 41.2 Å². The van der Waals surface area contributed by atoms with Gasteiger partial charge in [0.25, 0.3) is 0 Å². The van der Waals surface area contributed by atoms with E-state index in [2.05, 4.69) is 5.32 Å². The number of rotatable bonds is 2. The predicted molar refractivity (Wildman–Crippen MR) is 54.0 cm³/mol. The summed E-state index contributed by atoms with van der Waals surface area (Å²) in [4.78, 5) is 0. The molecule has 3 heteroatoms. The number of hydrogen-bond donors (Lipinski definition) is 1. The highest BCUT2D eigenvalue weighted by Gasteiger charge is 2.12. The molecule has 75 valence electrons. The summed E-state index contributed by atoms with van der Waals surface area (Å²) >= 11 is 0. The fraction of sp³-hybridized carbons (Fsp3) is 0.455. The van der Waals surface area contributed by atoms with E-state index in [-0.39, 0.29) is 5.75 Å². The zero-order valence-electron chi connectivity index (χ0n) is 8.03. The molecule has 1 aliphatic heterocycles. The van der Waals surface area contributed by atoms with Gasteiger partial charge < -0.3 is 10.1 Å². The summed E-state index contributed by atoms with van der Waals surface area (Å²) in [7, 11) is 0. The lowest BCUT2D eigenvalue weighted by molar-refractivity contribution is 0.0904. The van der Waals surface area contributed by atoms with Crippen molar-refractivity contribution in [2.75, 3.05) is 18.5 Å². The van der Waals surface area contributed by atoms with Crippen LogP contribution in [0, 0.1) is 0 Å². The normalized spacial score (nSPS) is 18.0. The number of hydrogen-bond acceptors (Lipinski definition) is 2. The van der Waals surface area contributed by atoms with Gasteiger partial charge in [-0.3, -0.25) is 5.11 Å². The summed E-state index contributed by atoms with van der Waals surface area (Å²) < 4.78 is 5.27. The fourth-order valence-electron chi connectivity index (χ4n) is 1.63. The smallest absolute Gasteiger partial charge is 0.178 e. The van der Waals surface area contributed by atoms with E-state index in [1.807, 2.05) is 12.1 Å². The minimum atomic E-state index is 0.0579. The molecule has 2 rings (SSSR count). The maximum Gasteiger partial charge on any atom is 0.178 e. The molecule has 1 N–H and O–H groups in total. The molecule has 3 nitrogen and oxygen atoms in total. The second-order valence-electron chi connectivity index (χ2n) is 3.56. The molecule has 1 heterocycles. The van der Waals surface area contributed by atoms with Crippen molar-refractivity contribution in [3.8, 4) is 5.75 Å². The number of ether oxygens (including phenoxy) is 1. The van der Waals surface area contributed by atoms with Crippen LogP contribution in [0.5, 0.6) is 5.75 Å². The van der Waals surface area contributed by atoms with Crippen molar-refractivity contribution >= 4 is 5.69 Å². The van der Waals surface area contributed by atoms with Gasteiger partial charge in [0.2, 0.25) is 0 Å². The molecule has 0 bridgehead atoms. The molecule has 1 radical (unpaired) electrons. The van der Waals surface area contributed by atoms with Crippen molar-refractivity contribution in [1.82, 2.24) is 0 Å². The van der Waals surface area contributed by atoms with Crippen LogP contribution in [-0.4, -0.2) is 19.3 Å². The van der Waals surface area contributed by atoms with Gasteiger partial charge in [0.05, 0.1) is 0 Å². The Morgan fingerprint density at radius 2 is 1.79 bits per heavy atom. The fourth-order valence-corrected chi connectivity index (χ4v) is 1.63. The van der Waals surface area contributed by atoms with Crippen LogP contribution in [0.25, 0.3) is 0 Å². The van der Waals surface area contributed by atoms with Crippen molar-refractivity contribution in [3.63, 3.8) is 0 Å². The standard InChI is InChI=1S/C11H14NO2/c13-11-3-1-9(2-4-11)12-10-5-7-14-8-6-10/h1-4,10,12H,5-8H2. The first kappa shape index (κ1) is 9.34. The quantitative estimate of drug-likeness (QED) is 0.781. The van der Waals surface area contributed by atoms with Crippen LogP contribution in [0.2, 0.25) is 0 Å². The van der Waals surface area contributed by atoms with E-state index in [0.717, 1.165) is 31.7 Å². The second-order valence-corrected chi connectivity index (χ2v) is 3.56. The van der Waals surface area contributed by atoms with E-state index < -0.39 is 0 Å². The second kappa shape index (κ2) is 4.33. The molecule has 0 spiro atoms. The molecule has 0 unspecified atom stereocenters. The first-order valence-electron chi connectivity index (χ1n) is 4.96. The molecule has 1 saturated heterocycles. The lowest BCUT2D eigenvalue weighted by Gasteiger charge is -2.24. The average Bonchev–Trinajstić information content (AvgIpc) is 2.23. The van der Waals surface area contributed by atoms with Gasteiger partial charge in [0.1, 0.15) is 0 Å². The molecule has 0 amide bonds. The van der Waals surface area contributed by atoms with Gasteiger partial charge in [-0.1, -0.05) is 0 Å². The van der Waals surface area contributed by atoms with Crippen LogP contribution in [0.1, 0.15) is 12.8 Å². The van der Waals surface area contributed by atoms with Gasteiger partial charge in [-0.25, -0.2) is 0 Å². The molecule has 14 heavy (non-hydrogen) atoms. The monoisotopic (exact) mass is 192 g/mol. The van der Waals surface area contributed by atoms with Crippen LogP contribution in [-0.2, 0) is 9.84 Å². The molecule has 1 aromatic carbocycles. The summed E-state index contributed by atoms with van der Waals surface area (Å²) in [5.74, 6) is 0.0579. The minimum absolute atomic E-state index is 0.0579. The number of nitrogens with one attached hydrogen (secondary N) is 1. The molecular formula is C11H14NO2. The highest BCUT2D eigenvalue weighted by molar-refractivity contribution is 5.46. The van der Waals surface area contributed by atoms with Crippen molar-refractivity contribution in [2.24, 2.45) is 0 Å². The molecule has 1 fully saturated rings. The van der Waals surface area contributed by atoms with Crippen molar-refractivity contribution in [3.05, 3.63) is 24.3 Å². The Morgan fingerprint density at radius 1 is 1.14 bits per heavy atom. The van der Waals surface area contributed by atoms with Crippen LogP contribution < -0.4 is 5.32 Å². The summed E-state index contributed by atoms with van der Waals surface area (Å²) in [6.07, 6.45) is 2.08. The Morgan fingerprint density at radius 3 is 2.43 bits per heavy atom. The average molecular weight is 192 g/mol. The molecule has 0 aromatic heterocycles. The van der Waals surface area contributed by atoms with Crippen LogP contribution in [0.3, 0.4) is 0 Å². The van der Waals surface area contributed by atoms with Crippen LogP contribution >= 0.6 is 0 Å². The third-order valence-corrected chi connectivity index (χ3v) is 2.45. The van der Waals surface area contributed by atoms with Crippen molar-refractivity contribution < 1.29 is 9.84 Å². The van der Waals surface area contributed by atoms with Crippen LogP contribution in [0.15, 0.2) is 24.3 Å². The van der Waals surface area contributed by atoms with E-state index in [1.165, 1.54) is 0 Å². The highest BCUT2D eigenvalue weighted by atomic mass is 16.5. The Labute approximate surface area is 83.7 Å². The van der Waals surface area contributed by atoms with E-state index in [1.54, 1.807) is 12.1 Å². The summed E-state index contributed by atoms with van der Waals surface area (Å²) in [6.45, 7) is 1.66. The van der Waals surface area contributed by atoms with Gasteiger partial charge in [-0.05, 0) is 37.1 Å². The van der Waals surface area contributed by atoms with E-state index in [9.17, 15) is 5.11 Å².